The van der Waals surface area contributed by atoms with Crippen LogP contribution in [-0.4, -0.2) is 48.3 Å². The molecule has 0 aromatic heterocycles. The van der Waals surface area contributed by atoms with E-state index < -0.39 is 0 Å². The summed E-state index contributed by atoms with van der Waals surface area (Å²) in [6.45, 7) is 4.62. The van der Waals surface area contributed by atoms with Crippen LogP contribution in [0.5, 0.6) is 0 Å². The van der Waals surface area contributed by atoms with Crippen LogP contribution >= 0.6 is 0 Å². The molecule has 2 rings (SSSR count). The Hall–Kier alpha value is -0.120. The molecule has 3 nitrogen and oxygen atoms in total. The van der Waals surface area contributed by atoms with E-state index in [2.05, 4.69) is 24.2 Å². The molecular formula is C15H30N2O. The largest absolute Gasteiger partial charge is 0.394 e. The molecule has 18 heavy (non-hydrogen) atoms. The summed E-state index contributed by atoms with van der Waals surface area (Å²) in [6.07, 6.45) is 9.13. The van der Waals surface area contributed by atoms with Crippen molar-refractivity contribution in [2.75, 3.05) is 26.7 Å². The Morgan fingerprint density at radius 3 is 2.61 bits per heavy atom. The average Bonchev–Trinajstić information content (AvgIpc) is 2.68. The van der Waals surface area contributed by atoms with Crippen molar-refractivity contribution in [2.45, 2.75) is 63.5 Å². The Balaban J connectivity index is 1.82. The van der Waals surface area contributed by atoms with Gasteiger partial charge in [0.25, 0.3) is 0 Å². The van der Waals surface area contributed by atoms with Gasteiger partial charge in [0, 0.05) is 11.6 Å². The molecule has 2 aliphatic rings. The summed E-state index contributed by atoms with van der Waals surface area (Å²) < 4.78 is 0. The first-order chi connectivity index (χ1) is 8.72. The highest BCUT2D eigenvalue weighted by molar-refractivity contribution is 4.99. The summed E-state index contributed by atoms with van der Waals surface area (Å²) in [4.78, 5) is 2.54. The summed E-state index contributed by atoms with van der Waals surface area (Å²) in [5, 5.41) is 13.3. The Labute approximate surface area is 112 Å². The average molecular weight is 254 g/mol. The number of nitrogens with one attached hydrogen (secondary N) is 1. The van der Waals surface area contributed by atoms with Crippen LogP contribution in [0.1, 0.15) is 51.9 Å². The molecule has 2 unspecified atom stereocenters. The number of rotatable bonds is 7. The van der Waals surface area contributed by atoms with Crippen LogP contribution in [-0.2, 0) is 0 Å². The van der Waals surface area contributed by atoms with Gasteiger partial charge >= 0.3 is 0 Å². The van der Waals surface area contributed by atoms with Crippen molar-refractivity contribution >= 4 is 0 Å². The van der Waals surface area contributed by atoms with E-state index >= 15 is 0 Å². The van der Waals surface area contributed by atoms with Crippen LogP contribution in [0.15, 0.2) is 0 Å². The summed E-state index contributed by atoms with van der Waals surface area (Å²) in [7, 11) is 2.27. The SMILES string of the molecule is CCNC1(CO)CCCC1CCN(C)C1CCC1. The lowest BCUT2D eigenvalue weighted by Crippen LogP contribution is -2.52. The monoisotopic (exact) mass is 254 g/mol. The van der Waals surface area contributed by atoms with Crippen LogP contribution in [0.25, 0.3) is 0 Å². The third-order valence-electron chi connectivity index (χ3n) is 5.30. The minimum Gasteiger partial charge on any atom is -0.394 e. The molecule has 0 amide bonds. The molecule has 0 saturated heterocycles. The predicted molar refractivity (Wildman–Crippen MR) is 75.7 cm³/mol. The Morgan fingerprint density at radius 2 is 2.06 bits per heavy atom. The van der Waals surface area contributed by atoms with Crippen LogP contribution in [0.2, 0.25) is 0 Å². The molecule has 3 heteroatoms. The van der Waals surface area contributed by atoms with Crippen molar-refractivity contribution in [3.8, 4) is 0 Å². The topological polar surface area (TPSA) is 35.5 Å². The van der Waals surface area contributed by atoms with Gasteiger partial charge < -0.3 is 15.3 Å². The lowest BCUT2D eigenvalue weighted by atomic mass is 9.84. The molecule has 0 bridgehead atoms. The number of aliphatic hydroxyl groups excluding tert-OH is 1. The molecule has 2 saturated carbocycles. The summed E-state index contributed by atoms with van der Waals surface area (Å²) in [6, 6.07) is 0.842. The van der Waals surface area contributed by atoms with E-state index in [1.807, 2.05) is 0 Å². The first kappa shape index (κ1) is 14.3. The number of nitrogens with zero attached hydrogens (tertiary/aromatic N) is 1. The standard InChI is InChI=1S/C15H30N2O/c1-3-16-15(12-18)10-5-6-13(15)9-11-17(2)14-7-4-8-14/h13-14,16,18H,3-12H2,1-2H3. The zero-order valence-corrected chi connectivity index (χ0v) is 12.1. The lowest BCUT2D eigenvalue weighted by Gasteiger charge is -2.38. The van der Waals surface area contributed by atoms with Crippen LogP contribution in [0, 0.1) is 5.92 Å². The van der Waals surface area contributed by atoms with Crippen molar-refractivity contribution in [3.63, 3.8) is 0 Å². The fourth-order valence-electron chi connectivity index (χ4n) is 3.78. The molecule has 0 aromatic carbocycles. The molecule has 2 fully saturated rings. The summed E-state index contributed by atoms with van der Waals surface area (Å²) in [5.41, 5.74) is 0.0230. The van der Waals surface area contributed by atoms with Gasteiger partial charge in [-0.25, -0.2) is 0 Å². The summed E-state index contributed by atoms with van der Waals surface area (Å²) in [5.74, 6) is 0.657. The maximum Gasteiger partial charge on any atom is 0.0616 e. The van der Waals surface area contributed by atoms with Crippen LogP contribution < -0.4 is 5.32 Å². The molecule has 2 N–H and O–H groups in total. The van der Waals surface area contributed by atoms with Gasteiger partial charge in [-0.05, 0) is 58.2 Å². The second-order valence-corrected chi connectivity index (χ2v) is 6.29. The van der Waals surface area contributed by atoms with Crippen molar-refractivity contribution in [3.05, 3.63) is 0 Å². The third-order valence-corrected chi connectivity index (χ3v) is 5.30. The fourth-order valence-corrected chi connectivity index (χ4v) is 3.78. The lowest BCUT2D eigenvalue weighted by molar-refractivity contribution is 0.100. The minimum absolute atomic E-state index is 0.0230. The third kappa shape index (κ3) is 2.89. The van der Waals surface area contributed by atoms with Gasteiger partial charge in [-0.2, -0.15) is 0 Å². The second kappa shape index (κ2) is 6.36. The highest BCUT2D eigenvalue weighted by Crippen LogP contribution is 2.38. The number of aliphatic hydroxyl groups is 1. The zero-order valence-electron chi connectivity index (χ0n) is 12.1. The van der Waals surface area contributed by atoms with Gasteiger partial charge in [-0.15, -0.1) is 0 Å². The van der Waals surface area contributed by atoms with Gasteiger partial charge in [0.2, 0.25) is 0 Å². The molecule has 2 atom stereocenters. The van der Waals surface area contributed by atoms with Crippen molar-refractivity contribution in [1.82, 2.24) is 10.2 Å². The Kier molecular flexibility index (Phi) is 5.05. The molecule has 106 valence electrons. The highest BCUT2D eigenvalue weighted by atomic mass is 16.3. The fraction of sp³-hybridized carbons (Fsp3) is 1.00. The van der Waals surface area contributed by atoms with Gasteiger partial charge in [0.15, 0.2) is 0 Å². The molecule has 0 radical (unpaired) electrons. The summed E-state index contributed by atoms with van der Waals surface area (Å²) >= 11 is 0. The minimum atomic E-state index is 0.0230. The first-order valence-corrected chi connectivity index (χ1v) is 7.78. The molecule has 0 spiro atoms. The smallest absolute Gasteiger partial charge is 0.0616 e. The van der Waals surface area contributed by atoms with E-state index in [1.165, 1.54) is 45.1 Å². The van der Waals surface area contributed by atoms with E-state index in [4.69, 9.17) is 0 Å². The maximum atomic E-state index is 9.77. The van der Waals surface area contributed by atoms with Crippen molar-refractivity contribution in [1.29, 1.82) is 0 Å². The van der Waals surface area contributed by atoms with Gasteiger partial charge in [-0.1, -0.05) is 19.8 Å². The number of hydrogen-bond donors (Lipinski definition) is 2. The maximum absolute atomic E-state index is 9.77. The number of hydrogen-bond acceptors (Lipinski definition) is 3. The predicted octanol–water partition coefficient (Wildman–Crippen LogP) is 2.00. The molecular weight excluding hydrogens is 224 g/mol. The molecule has 2 aliphatic carbocycles. The van der Waals surface area contributed by atoms with Crippen LogP contribution in [0.3, 0.4) is 0 Å². The normalized spacial score (nSPS) is 33.0. The first-order valence-electron chi connectivity index (χ1n) is 7.78. The highest BCUT2D eigenvalue weighted by Gasteiger charge is 2.41. The van der Waals surface area contributed by atoms with Crippen LogP contribution in [0.4, 0.5) is 0 Å². The van der Waals surface area contributed by atoms with E-state index in [9.17, 15) is 5.11 Å². The second-order valence-electron chi connectivity index (χ2n) is 6.29. The van der Waals surface area contributed by atoms with Gasteiger partial charge in [-0.3, -0.25) is 0 Å². The van der Waals surface area contributed by atoms with Gasteiger partial charge in [0.1, 0.15) is 0 Å². The molecule has 0 aliphatic heterocycles. The Bertz CT molecular complexity index is 255. The van der Waals surface area contributed by atoms with E-state index in [-0.39, 0.29) is 5.54 Å². The van der Waals surface area contributed by atoms with E-state index in [0.29, 0.717) is 12.5 Å². The van der Waals surface area contributed by atoms with E-state index in [1.54, 1.807) is 0 Å². The molecule has 0 heterocycles. The quantitative estimate of drug-likeness (QED) is 0.729. The molecule has 0 aromatic rings. The van der Waals surface area contributed by atoms with Gasteiger partial charge in [0.05, 0.1) is 6.61 Å². The Morgan fingerprint density at radius 1 is 1.28 bits per heavy atom. The van der Waals surface area contributed by atoms with Crippen molar-refractivity contribution < 1.29 is 5.11 Å². The van der Waals surface area contributed by atoms with Crippen molar-refractivity contribution in [2.24, 2.45) is 5.92 Å². The zero-order chi connectivity index (χ0) is 13.0. The number of likely N-dealkylation sites (N-methyl/N-ethyl adjacent to an activating group) is 1. The van der Waals surface area contributed by atoms with E-state index in [0.717, 1.165) is 19.0 Å².